The summed E-state index contributed by atoms with van der Waals surface area (Å²) in [5.74, 6) is 0.780. The number of aryl methyl sites for hydroxylation is 1. The van der Waals surface area contributed by atoms with Gasteiger partial charge >= 0.3 is 5.69 Å². The molecule has 0 amide bonds. The molecule has 2 N–H and O–H groups in total. The Morgan fingerprint density at radius 2 is 1.83 bits per heavy atom. The summed E-state index contributed by atoms with van der Waals surface area (Å²) in [7, 11) is 5.14. The highest BCUT2D eigenvalue weighted by molar-refractivity contribution is 5.81. The van der Waals surface area contributed by atoms with E-state index in [1.54, 1.807) is 20.3 Å². The summed E-state index contributed by atoms with van der Waals surface area (Å²) in [6, 6.07) is 5.44. The number of rotatable bonds is 7. The Kier molecular flexibility index (Phi) is 6.78. The molecule has 1 aromatic carbocycles. The summed E-state index contributed by atoms with van der Waals surface area (Å²) in [5.41, 5.74) is -0.494. The molecule has 10 nitrogen and oxygen atoms in total. The molecule has 3 rings (SSSR count). The van der Waals surface area contributed by atoms with Crippen LogP contribution in [0.5, 0.6) is 17.4 Å². The lowest BCUT2D eigenvalue weighted by Crippen LogP contribution is -2.42. The molecule has 1 aliphatic rings. The lowest BCUT2D eigenvalue weighted by molar-refractivity contribution is 0.159. The van der Waals surface area contributed by atoms with Crippen molar-refractivity contribution in [1.82, 2.24) is 19.5 Å². The molecule has 1 aliphatic heterocycles. The molecular weight excluding hydrogens is 390 g/mol. The smallest absolute Gasteiger partial charge is 0.331 e. The highest BCUT2D eigenvalue weighted by Crippen LogP contribution is 2.27. The Labute approximate surface area is 174 Å². The van der Waals surface area contributed by atoms with E-state index in [1.165, 1.54) is 6.21 Å². The molecule has 0 saturated carbocycles. The van der Waals surface area contributed by atoms with E-state index in [9.17, 15) is 14.7 Å². The van der Waals surface area contributed by atoms with Crippen LogP contribution in [0.1, 0.15) is 11.1 Å². The van der Waals surface area contributed by atoms with E-state index >= 15 is 0 Å². The highest BCUT2D eigenvalue weighted by Gasteiger charge is 2.15. The number of benzene rings is 1. The third-order valence-corrected chi connectivity index (χ3v) is 5.11. The van der Waals surface area contributed by atoms with Gasteiger partial charge in [-0.3, -0.25) is 19.4 Å². The maximum Gasteiger partial charge on any atom is 0.331 e. The van der Waals surface area contributed by atoms with Gasteiger partial charge in [0.1, 0.15) is 5.56 Å². The first kappa shape index (κ1) is 21.4. The van der Waals surface area contributed by atoms with E-state index < -0.39 is 17.1 Å². The fourth-order valence-electron chi connectivity index (χ4n) is 3.23. The fraction of sp³-hybridized carbons (Fsp3) is 0.450. The summed E-state index contributed by atoms with van der Waals surface area (Å²) in [6.07, 6.45) is 1.75. The van der Waals surface area contributed by atoms with Gasteiger partial charge in [-0.2, -0.15) is 5.10 Å². The van der Waals surface area contributed by atoms with Gasteiger partial charge in [-0.1, -0.05) is 6.07 Å². The number of aromatic amines is 1. The third kappa shape index (κ3) is 4.82. The molecule has 1 saturated heterocycles. The van der Waals surface area contributed by atoms with Crippen molar-refractivity contribution in [3.05, 3.63) is 50.2 Å². The molecule has 30 heavy (non-hydrogen) atoms. The Morgan fingerprint density at radius 1 is 1.13 bits per heavy atom. The van der Waals surface area contributed by atoms with Crippen molar-refractivity contribution in [1.29, 1.82) is 0 Å². The summed E-state index contributed by atoms with van der Waals surface area (Å²) in [5, 5.41) is 16.7. The molecule has 0 unspecified atom stereocenters. The molecule has 162 valence electrons. The number of nitrogens with one attached hydrogen (secondary N) is 1. The number of ether oxygens (including phenoxy) is 2. The normalized spacial score (nSPS) is 15.0. The second-order valence-electron chi connectivity index (χ2n) is 7.09. The zero-order valence-corrected chi connectivity index (χ0v) is 17.4. The Morgan fingerprint density at radius 3 is 2.50 bits per heavy atom. The first-order valence-electron chi connectivity index (χ1n) is 9.67. The van der Waals surface area contributed by atoms with Crippen LogP contribution >= 0.6 is 0 Å². The molecule has 2 heterocycles. The zero-order valence-electron chi connectivity index (χ0n) is 17.4. The van der Waals surface area contributed by atoms with Gasteiger partial charge in [0.25, 0.3) is 5.56 Å². The minimum absolute atomic E-state index is 0.0409. The van der Waals surface area contributed by atoms with E-state index in [4.69, 9.17) is 9.47 Å². The largest absolute Gasteiger partial charge is 0.494 e. The van der Waals surface area contributed by atoms with Crippen LogP contribution in [0, 0.1) is 0 Å². The second kappa shape index (κ2) is 9.49. The second-order valence-corrected chi connectivity index (χ2v) is 7.09. The molecule has 10 heteroatoms. The van der Waals surface area contributed by atoms with Crippen LogP contribution < -0.4 is 20.7 Å². The minimum Gasteiger partial charge on any atom is -0.494 e. The quantitative estimate of drug-likeness (QED) is 0.614. The standard InChI is InChI=1S/C20H27N5O5/c1-23-8-10-24(11-9-23)21-13-15-18(26)22-20(28)25(19(15)27)7-6-14-4-5-16(29-2)17(12-14)30-3/h4-5,12-13,27H,6-11H2,1-3H3,(H,22,26,28). The number of aromatic nitrogens is 2. The van der Waals surface area contributed by atoms with Gasteiger partial charge in [0, 0.05) is 32.7 Å². The number of hydrazone groups is 1. The molecular formula is C20H27N5O5. The number of aromatic hydroxyl groups is 1. The van der Waals surface area contributed by atoms with E-state index in [-0.39, 0.29) is 12.1 Å². The Balaban J connectivity index is 1.79. The molecule has 0 spiro atoms. The molecule has 0 radical (unpaired) electrons. The molecule has 0 aliphatic carbocycles. The van der Waals surface area contributed by atoms with Gasteiger partial charge in [0.05, 0.1) is 20.4 Å². The summed E-state index contributed by atoms with van der Waals surface area (Å²) >= 11 is 0. The van der Waals surface area contributed by atoms with Crippen LogP contribution in [0.4, 0.5) is 0 Å². The van der Waals surface area contributed by atoms with E-state index in [0.29, 0.717) is 17.9 Å². The average molecular weight is 417 g/mol. The maximum atomic E-state index is 12.2. The Bertz CT molecular complexity index is 1020. The Hall–Kier alpha value is -3.27. The van der Waals surface area contributed by atoms with Crippen LogP contribution in [-0.4, -0.2) is 78.2 Å². The predicted molar refractivity (Wildman–Crippen MR) is 113 cm³/mol. The molecule has 2 aromatic rings. The van der Waals surface area contributed by atoms with E-state index in [1.807, 2.05) is 24.2 Å². The van der Waals surface area contributed by atoms with Gasteiger partial charge < -0.3 is 19.5 Å². The van der Waals surface area contributed by atoms with Gasteiger partial charge in [0.15, 0.2) is 11.5 Å². The number of hydrogen-bond donors (Lipinski definition) is 2. The molecule has 1 aromatic heterocycles. The SMILES string of the molecule is COc1ccc(CCn2c(O)c(C=NN3CCN(C)CC3)c(=O)[nH]c2=O)cc1OC. The van der Waals surface area contributed by atoms with Crippen molar-refractivity contribution in [3.8, 4) is 17.4 Å². The topological polar surface area (TPSA) is 112 Å². The van der Waals surface area contributed by atoms with Gasteiger partial charge in [-0.15, -0.1) is 0 Å². The number of nitrogens with zero attached hydrogens (tertiary/aromatic N) is 4. The average Bonchev–Trinajstić information content (AvgIpc) is 2.74. The number of likely N-dealkylation sites (N-methyl/N-ethyl adjacent to an activating group) is 1. The van der Waals surface area contributed by atoms with Gasteiger partial charge in [-0.25, -0.2) is 4.79 Å². The lowest BCUT2D eigenvalue weighted by Gasteiger charge is -2.30. The number of piperazine rings is 1. The van der Waals surface area contributed by atoms with Crippen molar-refractivity contribution >= 4 is 6.21 Å². The first-order chi connectivity index (χ1) is 14.4. The van der Waals surface area contributed by atoms with Crippen molar-refractivity contribution in [2.75, 3.05) is 47.4 Å². The predicted octanol–water partition coefficient (Wildman–Crippen LogP) is 0.0834. The van der Waals surface area contributed by atoms with Gasteiger partial charge in [0.2, 0.25) is 5.88 Å². The highest BCUT2D eigenvalue weighted by atomic mass is 16.5. The lowest BCUT2D eigenvalue weighted by atomic mass is 10.1. The molecule has 0 bridgehead atoms. The van der Waals surface area contributed by atoms with Crippen molar-refractivity contribution in [2.24, 2.45) is 5.10 Å². The molecule has 0 atom stereocenters. The third-order valence-electron chi connectivity index (χ3n) is 5.11. The minimum atomic E-state index is -0.672. The number of hydrogen-bond acceptors (Lipinski definition) is 8. The van der Waals surface area contributed by atoms with Crippen LogP contribution in [0.3, 0.4) is 0 Å². The van der Waals surface area contributed by atoms with Crippen LogP contribution in [0.2, 0.25) is 0 Å². The first-order valence-corrected chi connectivity index (χ1v) is 9.67. The van der Waals surface area contributed by atoms with Crippen molar-refractivity contribution in [3.63, 3.8) is 0 Å². The number of H-pyrrole nitrogens is 1. The van der Waals surface area contributed by atoms with Crippen molar-refractivity contribution < 1.29 is 14.6 Å². The van der Waals surface area contributed by atoms with Crippen molar-refractivity contribution in [2.45, 2.75) is 13.0 Å². The maximum absolute atomic E-state index is 12.2. The van der Waals surface area contributed by atoms with E-state index in [2.05, 4.69) is 15.0 Å². The zero-order chi connectivity index (χ0) is 21.7. The van der Waals surface area contributed by atoms with Crippen LogP contribution in [0.25, 0.3) is 0 Å². The van der Waals surface area contributed by atoms with E-state index in [0.717, 1.165) is 36.3 Å². The number of methoxy groups -OCH3 is 2. The van der Waals surface area contributed by atoms with Gasteiger partial charge in [-0.05, 0) is 31.2 Å². The fourth-order valence-corrected chi connectivity index (χ4v) is 3.23. The monoisotopic (exact) mass is 417 g/mol. The van der Waals surface area contributed by atoms with Crippen LogP contribution in [-0.2, 0) is 13.0 Å². The summed E-state index contributed by atoms with van der Waals surface area (Å²) < 4.78 is 11.6. The summed E-state index contributed by atoms with van der Waals surface area (Å²) in [6.45, 7) is 3.36. The summed E-state index contributed by atoms with van der Waals surface area (Å²) in [4.78, 5) is 28.9. The molecule has 1 fully saturated rings. The van der Waals surface area contributed by atoms with Crippen LogP contribution in [0.15, 0.2) is 32.9 Å².